The summed E-state index contributed by atoms with van der Waals surface area (Å²) in [6.07, 6.45) is 3.79. The van der Waals surface area contributed by atoms with E-state index in [1.165, 1.54) is 23.9 Å². The molecule has 1 aliphatic heterocycles. The Bertz CT molecular complexity index is 911. The smallest absolute Gasteiger partial charge is 0.287 e. The van der Waals surface area contributed by atoms with Gasteiger partial charge in [-0.05, 0) is 30.2 Å². The molecule has 1 aromatic carbocycles. The van der Waals surface area contributed by atoms with Crippen LogP contribution in [0.25, 0.3) is 6.08 Å². The molecule has 0 N–H and O–H groups in total. The number of thiocarbonyl (C=S) groups is 1. The van der Waals surface area contributed by atoms with E-state index in [9.17, 15) is 14.9 Å². The van der Waals surface area contributed by atoms with E-state index < -0.39 is 4.92 Å². The SMILES string of the molecule is CCCN1C(=O)/C(=C\c2ccc(Oc3ccc([N+](=O)[O-])cn3)cc2)SC1=S. The minimum atomic E-state index is -0.519. The molecule has 0 atom stereocenters. The molecule has 1 amide bonds. The molecule has 0 unspecified atom stereocenters. The number of thioether (sulfide) groups is 1. The second-order valence-corrected chi connectivity index (χ2v) is 7.29. The van der Waals surface area contributed by atoms with Crippen molar-refractivity contribution in [3.8, 4) is 11.6 Å². The normalized spacial score (nSPS) is 15.4. The second-order valence-electron chi connectivity index (χ2n) is 5.62. The van der Waals surface area contributed by atoms with Crippen molar-refractivity contribution in [3.63, 3.8) is 0 Å². The average molecular weight is 401 g/mol. The number of ether oxygens (including phenoxy) is 1. The van der Waals surface area contributed by atoms with Crippen LogP contribution in [0.4, 0.5) is 5.69 Å². The summed E-state index contributed by atoms with van der Waals surface area (Å²) in [5.41, 5.74) is 0.745. The van der Waals surface area contributed by atoms with Crippen molar-refractivity contribution in [1.82, 2.24) is 9.88 Å². The lowest BCUT2D eigenvalue weighted by molar-refractivity contribution is -0.385. The molecule has 9 heteroatoms. The monoisotopic (exact) mass is 401 g/mol. The van der Waals surface area contributed by atoms with Crippen molar-refractivity contribution in [2.24, 2.45) is 0 Å². The van der Waals surface area contributed by atoms with Crippen LogP contribution in [0.1, 0.15) is 18.9 Å². The Morgan fingerprint density at radius 3 is 2.63 bits per heavy atom. The number of carbonyl (C=O) groups excluding carboxylic acids is 1. The van der Waals surface area contributed by atoms with Gasteiger partial charge in [0.1, 0.15) is 16.3 Å². The zero-order chi connectivity index (χ0) is 19.4. The number of hydrogen-bond acceptors (Lipinski definition) is 7. The summed E-state index contributed by atoms with van der Waals surface area (Å²) in [6, 6.07) is 9.86. The average Bonchev–Trinajstić information content (AvgIpc) is 2.91. The van der Waals surface area contributed by atoms with Crippen molar-refractivity contribution in [2.45, 2.75) is 13.3 Å². The molecule has 27 heavy (non-hydrogen) atoms. The number of amides is 1. The summed E-state index contributed by atoms with van der Waals surface area (Å²) in [5, 5.41) is 10.6. The highest BCUT2D eigenvalue weighted by atomic mass is 32.2. The van der Waals surface area contributed by atoms with E-state index in [0.29, 0.717) is 21.5 Å². The van der Waals surface area contributed by atoms with Crippen LogP contribution in [0, 0.1) is 10.1 Å². The van der Waals surface area contributed by atoms with Gasteiger partial charge in [-0.25, -0.2) is 4.98 Å². The van der Waals surface area contributed by atoms with Crippen LogP contribution < -0.4 is 4.74 Å². The minimum absolute atomic E-state index is 0.0674. The molecule has 7 nitrogen and oxygen atoms in total. The van der Waals surface area contributed by atoms with Gasteiger partial charge in [-0.2, -0.15) is 0 Å². The Labute approximate surface area is 165 Å². The van der Waals surface area contributed by atoms with Crippen molar-refractivity contribution in [1.29, 1.82) is 0 Å². The highest BCUT2D eigenvalue weighted by Gasteiger charge is 2.31. The molecule has 3 rings (SSSR count). The lowest BCUT2D eigenvalue weighted by Gasteiger charge is -2.11. The maximum atomic E-state index is 12.4. The van der Waals surface area contributed by atoms with Crippen LogP contribution >= 0.6 is 24.0 Å². The van der Waals surface area contributed by atoms with Crippen molar-refractivity contribution in [3.05, 3.63) is 63.2 Å². The Morgan fingerprint density at radius 2 is 2.04 bits per heavy atom. The summed E-state index contributed by atoms with van der Waals surface area (Å²) in [7, 11) is 0. The molecule has 1 fully saturated rings. The van der Waals surface area contributed by atoms with Gasteiger partial charge in [0.25, 0.3) is 11.6 Å². The maximum Gasteiger partial charge on any atom is 0.287 e. The Morgan fingerprint density at radius 1 is 1.30 bits per heavy atom. The summed E-state index contributed by atoms with van der Waals surface area (Å²) in [4.78, 5) is 28.6. The highest BCUT2D eigenvalue weighted by Crippen LogP contribution is 2.33. The topological polar surface area (TPSA) is 85.6 Å². The fourth-order valence-electron chi connectivity index (χ4n) is 2.36. The zero-order valence-corrected chi connectivity index (χ0v) is 16.0. The molecule has 0 aliphatic carbocycles. The fourth-order valence-corrected chi connectivity index (χ4v) is 3.67. The highest BCUT2D eigenvalue weighted by molar-refractivity contribution is 8.26. The number of nitrogens with zero attached hydrogens (tertiary/aromatic N) is 3. The Kier molecular flexibility index (Phi) is 5.82. The number of pyridine rings is 1. The molecule has 0 radical (unpaired) electrons. The van der Waals surface area contributed by atoms with E-state index in [2.05, 4.69) is 4.98 Å². The molecule has 0 bridgehead atoms. The first kappa shape index (κ1) is 19.0. The summed E-state index contributed by atoms with van der Waals surface area (Å²) in [5.74, 6) is 0.725. The van der Waals surface area contributed by atoms with E-state index in [1.807, 2.05) is 19.1 Å². The summed E-state index contributed by atoms with van der Waals surface area (Å²) >= 11 is 6.55. The van der Waals surface area contributed by atoms with Crippen LogP contribution in [0.5, 0.6) is 11.6 Å². The lowest BCUT2D eigenvalue weighted by atomic mass is 10.2. The molecule has 0 spiro atoms. The summed E-state index contributed by atoms with van der Waals surface area (Å²) < 4.78 is 6.15. The van der Waals surface area contributed by atoms with Crippen LogP contribution in [-0.4, -0.2) is 31.6 Å². The predicted octanol–water partition coefficient (Wildman–Crippen LogP) is 4.39. The van der Waals surface area contributed by atoms with Gasteiger partial charge in [-0.1, -0.05) is 43.0 Å². The Hall–Kier alpha value is -2.78. The molecule has 0 saturated carbocycles. The van der Waals surface area contributed by atoms with Crippen molar-refractivity contribution in [2.75, 3.05) is 6.54 Å². The molecule has 1 aliphatic rings. The number of hydrogen-bond donors (Lipinski definition) is 0. The standard InChI is InChI=1S/C18H15N3O4S2/c1-2-9-20-17(22)15(27-18(20)26)10-12-3-6-14(7-4-12)25-16-8-5-13(11-19-16)21(23)24/h3-8,10-11H,2,9H2,1H3/b15-10+. The largest absolute Gasteiger partial charge is 0.439 e. The third-order valence-corrected chi connectivity index (χ3v) is 5.03. The van der Waals surface area contributed by atoms with Gasteiger partial charge in [0.2, 0.25) is 5.88 Å². The van der Waals surface area contributed by atoms with Crippen LogP contribution in [-0.2, 0) is 4.79 Å². The minimum Gasteiger partial charge on any atom is -0.439 e. The molecule has 138 valence electrons. The maximum absolute atomic E-state index is 12.4. The number of aromatic nitrogens is 1. The molecular weight excluding hydrogens is 386 g/mol. The number of carbonyl (C=O) groups is 1. The molecule has 2 heterocycles. The number of benzene rings is 1. The molecule has 1 aromatic heterocycles. The Balaban J connectivity index is 1.69. The molecule has 2 aromatic rings. The number of rotatable bonds is 6. The first-order chi connectivity index (χ1) is 13.0. The number of nitro groups is 1. The summed E-state index contributed by atoms with van der Waals surface area (Å²) in [6.45, 7) is 2.62. The third-order valence-electron chi connectivity index (χ3n) is 3.65. The van der Waals surface area contributed by atoms with Crippen molar-refractivity contribution >= 4 is 46.0 Å². The fraction of sp³-hybridized carbons (Fsp3) is 0.167. The second kappa shape index (κ2) is 8.28. The third kappa shape index (κ3) is 4.50. The van der Waals surface area contributed by atoms with Crippen LogP contribution in [0.3, 0.4) is 0 Å². The van der Waals surface area contributed by atoms with E-state index in [-0.39, 0.29) is 17.5 Å². The van der Waals surface area contributed by atoms with Gasteiger partial charge in [0, 0.05) is 18.7 Å². The van der Waals surface area contributed by atoms with Gasteiger partial charge in [0.05, 0.1) is 9.83 Å². The van der Waals surface area contributed by atoms with Gasteiger partial charge in [-0.3, -0.25) is 19.8 Å². The first-order valence-corrected chi connectivity index (χ1v) is 9.34. The lowest BCUT2D eigenvalue weighted by Crippen LogP contribution is -2.28. The van der Waals surface area contributed by atoms with Crippen molar-refractivity contribution < 1.29 is 14.5 Å². The van der Waals surface area contributed by atoms with E-state index in [0.717, 1.165) is 18.2 Å². The van der Waals surface area contributed by atoms with E-state index in [4.69, 9.17) is 17.0 Å². The first-order valence-electron chi connectivity index (χ1n) is 8.11. The van der Waals surface area contributed by atoms with E-state index in [1.54, 1.807) is 23.1 Å². The van der Waals surface area contributed by atoms with Gasteiger partial charge >= 0.3 is 0 Å². The van der Waals surface area contributed by atoms with Gasteiger partial charge < -0.3 is 4.74 Å². The zero-order valence-electron chi connectivity index (χ0n) is 14.3. The quantitative estimate of drug-likeness (QED) is 0.307. The predicted molar refractivity (Wildman–Crippen MR) is 108 cm³/mol. The molecule has 1 saturated heterocycles. The van der Waals surface area contributed by atoms with Crippen LogP contribution in [0.15, 0.2) is 47.5 Å². The van der Waals surface area contributed by atoms with Gasteiger partial charge in [-0.15, -0.1) is 0 Å². The van der Waals surface area contributed by atoms with Crippen LogP contribution in [0.2, 0.25) is 0 Å². The van der Waals surface area contributed by atoms with E-state index >= 15 is 0 Å². The van der Waals surface area contributed by atoms with Gasteiger partial charge in [0.15, 0.2) is 0 Å². The molecular formula is C18H15N3O4S2.